The summed E-state index contributed by atoms with van der Waals surface area (Å²) in [6.07, 6.45) is 0.112. The minimum atomic E-state index is -1.42. The van der Waals surface area contributed by atoms with Crippen molar-refractivity contribution in [1.82, 2.24) is 4.90 Å². The Morgan fingerprint density at radius 2 is 1.23 bits per heavy atom. The van der Waals surface area contributed by atoms with Gasteiger partial charge >= 0.3 is 0 Å². The molecule has 1 saturated heterocycles. The first-order valence-corrected chi connectivity index (χ1v) is 14.3. The first-order chi connectivity index (χ1) is 19.4. The van der Waals surface area contributed by atoms with Crippen molar-refractivity contribution in [2.75, 3.05) is 18.5 Å². The zero-order valence-corrected chi connectivity index (χ0v) is 23.3. The van der Waals surface area contributed by atoms with Crippen molar-refractivity contribution in [2.24, 2.45) is 0 Å². The van der Waals surface area contributed by atoms with E-state index in [9.17, 15) is 19.1 Å². The van der Waals surface area contributed by atoms with E-state index in [0.29, 0.717) is 39.9 Å². The van der Waals surface area contributed by atoms with E-state index < -0.39 is 23.3 Å². The summed E-state index contributed by atoms with van der Waals surface area (Å²) in [6, 6.07) is 31.3. The highest BCUT2D eigenvalue weighted by molar-refractivity contribution is 9.09. The van der Waals surface area contributed by atoms with Crippen LogP contribution in [0.5, 0.6) is 5.75 Å². The van der Waals surface area contributed by atoms with Gasteiger partial charge in [0, 0.05) is 18.3 Å². The normalized spacial score (nSPS) is 17.3. The fourth-order valence-electron chi connectivity index (χ4n) is 5.37. The van der Waals surface area contributed by atoms with Gasteiger partial charge in [-0.3, -0.25) is 14.5 Å². The van der Waals surface area contributed by atoms with Crippen LogP contribution in [0, 0.1) is 5.82 Å². The number of likely N-dealkylation sites (tertiary alicyclic amines) is 1. The Kier molecular flexibility index (Phi) is 8.43. The zero-order valence-electron chi connectivity index (χ0n) is 21.8. The second-order valence-corrected chi connectivity index (χ2v) is 10.6. The quantitative estimate of drug-likeness (QED) is 0.175. The summed E-state index contributed by atoms with van der Waals surface area (Å²) in [7, 11) is 0. The Balaban J connectivity index is 1.48. The molecular formula is C33H29BrFNO4. The van der Waals surface area contributed by atoms with Crippen molar-refractivity contribution < 1.29 is 23.8 Å². The number of rotatable bonds is 10. The van der Waals surface area contributed by atoms with Crippen LogP contribution in [0.15, 0.2) is 109 Å². The molecule has 0 aromatic heterocycles. The van der Waals surface area contributed by atoms with Crippen LogP contribution in [0.1, 0.15) is 40.5 Å². The maximum Gasteiger partial charge on any atom is 0.237 e. The smallest absolute Gasteiger partial charge is 0.237 e. The van der Waals surface area contributed by atoms with Gasteiger partial charge in [-0.05, 0) is 46.5 Å². The zero-order chi connectivity index (χ0) is 28.1. The predicted octanol–water partition coefficient (Wildman–Crippen LogP) is 6.16. The van der Waals surface area contributed by atoms with Gasteiger partial charge in [-0.25, -0.2) is 4.39 Å². The van der Waals surface area contributed by atoms with Gasteiger partial charge in [0.05, 0.1) is 18.4 Å². The summed E-state index contributed by atoms with van der Waals surface area (Å²) in [6.45, 7) is 0.510. The average molecular weight is 603 g/mol. The number of carbonyl (C=O) groups excluding carboxylic acids is 2. The van der Waals surface area contributed by atoms with E-state index in [2.05, 4.69) is 15.9 Å². The Labute approximate surface area is 241 Å². The number of hydrogen-bond acceptors (Lipinski definition) is 4. The van der Waals surface area contributed by atoms with E-state index in [1.165, 1.54) is 17.0 Å². The molecule has 5 nitrogen and oxygen atoms in total. The highest BCUT2D eigenvalue weighted by atomic mass is 79.9. The number of benzene rings is 4. The molecule has 1 aliphatic heterocycles. The van der Waals surface area contributed by atoms with Crippen LogP contribution in [0.4, 0.5) is 4.39 Å². The average Bonchev–Trinajstić information content (AvgIpc) is 3.25. The number of alkyl halides is 1. The third-order valence-electron chi connectivity index (χ3n) is 7.41. The molecule has 5 rings (SSSR count). The van der Waals surface area contributed by atoms with E-state index >= 15 is 0 Å². The lowest BCUT2D eigenvalue weighted by atomic mass is 9.83. The lowest BCUT2D eigenvalue weighted by Gasteiger charge is -2.31. The van der Waals surface area contributed by atoms with Crippen LogP contribution < -0.4 is 4.74 Å². The van der Waals surface area contributed by atoms with Gasteiger partial charge in [-0.2, -0.15) is 0 Å². The molecule has 1 heterocycles. The molecule has 0 bridgehead atoms. The van der Waals surface area contributed by atoms with Gasteiger partial charge in [-0.15, -0.1) is 0 Å². The molecule has 7 heteroatoms. The molecule has 0 radical (unpaired) electrons. The molecule has 4 aromatic rings. The van der Waals surface area contributed by atoms with Crippen LogP contribution >= 0.6 is 15.9 Å². The van der Waals surface area contributed by atoms with Gasteiger partial charge in [0.2, 0.25) is 11.8 Å². The minimum absolute atomic E-state index is 0.0125. The molecule has 0 aliphatic carbocycles. The third-order valence-corrected chi connectivity index (χ3v) is 7.74. The molecular weight excluding hydrogens is 573 g/mol. The molecule has 0 spiro atoms. The maximum absolute atomic E-state index is 13.9. The summed E-state index contributed by atoms with van der Waals surface area (Å²) in [5.41, 5.74) is 1.16. The number of nitrogens with zero attached hydrogens (tertiary/aromatic N) is 1. The van der Waals surface area contributed by atoms with Crippen molar-refractivity contribution in [3.05, 3.63) is 137 Å². The van der Waals surface area contributed by atoms with E-state index in [-0.39, 0.29) is 24.8 Å². The number of aliphatic hydroxyl groups is 1. The second kappa shape index (κ2) is 12.1. The van der Waals surface area contributed by atoms with E-state index in [1.54, 1.807) is 36.4 Å². The Bertz CT molecular complexity index is 1410. The Morgan fingerprint density at radius 3 is 1.70 bits per heavy atom. The minimum Gasteiger partial charge on any atom is -0.493 e. The second-order valence-electron chi connectivity index (χ2n) is 9.78. The van der Waals surface area contributed by atoms with E-state index in [4.69, 9.17) is 4.74 Å². The Morgan fingerprint density at radius 1 is 0.750 bits per heavy atom. The predicted molar refractivity (Wildman–Crippen MR) is 155 cm³/mol. The maximum atomic E-state index is 13.9. The largest absolute Gasteiger partial charge is 0.493 e. The first-order valence-electron chi connectivity index (χ1n) is 13.2. The van der Waals surface area contributed by atoms with Crippen LogP contribution in [0.25, 0.3) is 0 Å². The highest BCUT2D eigenvalue weighted by Gasteiger charge is 2.49. The van der Waals surface area contributed by atoms with Crippen LogP contribution in [0.3, 0.4) is 0 Å². The molecule has 4 aromatic carbocycles. The monoisotopic (exact) mass is 601 g/mol. The lowest BCUT2D eigenvalue weighted by Crippen LogP contribution is -2.37. The van der Waals surface area contributed by atoms with Crippen molar-refractivity contribution in [1.29, 1.82) is 0 Å². The third kappa shape index (κ3) is 5.58. The number of ether oxygens (including phenoxy) is 1. The van der Waals surface area contributed by atoms with Crippen LogP contribution in [-0.4, -0.2) is 40.3 Å². The fraction of sp³-hybridized carbons (Fsp3) is 0.212. The molecule has 204 valence electrons. The standard InChI is InChI=1S/C33H29BrFNO4/c34-20-22-40-28-17-13-24(14-18-28)30-29(23-11-15-27(35)16-12-23)31(37)36(32(30)38)21-19-33(39,25-7-3-1-4-8-25)26-9-5-2-6-10-26/h1-18,29-30,39H,19-22H2. The molecule has 2 amide bonds. The Hall–Kier alpha value is -3.81. The molecule has 1 aliphatic rings. The van der Waals surface area contributed by atoms with Crippen molar-refractivity contribution in [2.45, 2.75) is 23.9 Å². The van der Waals surface area contributed by atoms with Crippen LogP contribution in [-0.2, 0) is 15.2 Å². The van der Waals surface area contributed by atoms with Gasteiger partial charge < -0.3 is 9.84 Å². The molecule has 2 unspecified atom stereocenters. The summed E-state index contributed by atoms with van der Waals surface area (Å²) in [5, 5.41) is 12.7. The molecule has 1 fully saturated rings. The van der Waals surface area contributed by atoms with Crippen molar-refractivity contribution >= 4 is 27.7 Å². The summed E-state index contributed by atoms with van der Waals surface area (Å²) in [4.78, 5) is 29.0. The summed E-state index contributed by atoms with van der Waals surface area (Å²) >= 11 is 3.34. The van der Waals surface area contributed by atoms with Gasteiger partial charge in [0.25, 0.3) is 0 Å². The first kappa shape index (κ1) is 27.7. The van der Waals surface area contributed by atoms with Gasteiger partial charge in [0.1, 0.15) is 17.2 Å². The number of amides is 2. The van der Waals surface area contributed by atoms with E-state index in [0.717, 1.165) is 0 Å². The van der Waals surface area contributed by atoms with E-state index in [1.807, 2.05) is 60.7 Å². The molecule has 40 heavy (non-hydrogen) atoms. The lowest BCUT2D eigenvalue weighted by molar-refractivity contribution is -0.139. The molecule has 1 N–H and O–H groups in total. The number of carbonyl (C=O) groups is 2. The summed E-state index contributed by atoms with van der Waals surface area (Å²) < 4.78 is 19.4. The topological polar surface area (TPSA) is 66.8 Å². The van der Waals surface area contributed by atoms with Gasteiger partial charge in [-0.1, -0.05) is 101 Å². The molecule has 0 saturated carbocycles. The fourth-order valence-corrected chi connectivity index (χ4v) is 5.54. The molecule has 2 atom stereocenters. The van der Waals surface area contributed by atoms with Crippen molar-refractivity contribution in [3.8, 4) is 5.75 Å². The highest BCUT2D eigenvalue weighted by Crippen LogP contribution is 2.43. The van der Waals surface area contributed by atoms with Gasteiger partial charge in [0.15, 0.2) is 0 Å². The number of halogens is 2. The number of imide groups is 1. The van der Waals surface area contributed by atoms with Crippen molar-refractivity contribution in [3.63, 3.8) is 0 Å². The number of hydrogen-bond donors (Lipinski definition) is 1. The SMILES string of the molecule is O=C1C(c2ccc(F)cc2)C(c2ccc(OCCBr)cc2)C(=O)N1CCC(O)(c1ccccc1)c1ccccc1. The van der Waals surface area contributed by atoms with Crippen LogP contribution in [0.2, 0.25) is 0 Å². The summed E-state index contributed by atoms with van der Waals surface area (Å²) in [5.74, 6) is -2.08.